The van der Waals surface area contributed by atoms with Crippen molar-refractivity contribution in [3.63, 3.8) is 0 Å². The zero-order valence-corrected chi connectivity index (χ0v) is 17.3. The monoisotopic (exact) mass is 435 g/mol. The van der Waals surface area contributed by atoms with Gasteiger partial charge in [0.1, 0.15) is 0 Å². The van der Waals surface area contributed by atoms with Gasteiger partial charge in [-0.25, -0.2) is 8.42 Å². The molecule has 0 atom stereocenters. The molecule has 3 rings (SSSR count). The predicted octanol–water partition coefficient (Wildman–Crippen LogP) is 2.28. The van der Waals surface area contributed by atoms with E-state index in [2.05, 4.69) is 10.6 Å². The van der Waals surface area contributed by atoms with Gasteiger partial charge in [0.2, 0.25) is 10.0 Å². The van der Waals surface area contributed by atoms with E-state index in [1.807, 2.05) is 6.07 Å². The Balaban J connectivity index is 1.60. The highest BCUT2D eigenvalue weighted by atomic mass is 35.5. The van der Waals surface area contributed by atoms with Crippen molar-refractivity contribution in [1.29, 1.82) is 0 Å². The molecule has 1 aliphatic heterocycles. The summed E-state index contributed by atoms with van der Waals surface area (Å²) in [6, 6.07) is 12.9. The Morgan fingerprint density at radius 3 is 2.21 bits per heavy atom. The molecule has 2 aromatic rings. The molecule has 2 N–H and O–H groups in total. The molecule has 0 unspecified atom stereocenters. The van der Waals surface area contributed by atoms with Crippen molar-refractivity contribution in [3.05, 3.63) is 64.7 Å². The molecule has 2 aromatic carbocycles. The molecule has 0 saturated carbocycles. The highest BCUT2D eigenvalue weighted by molar-refractivity contribution is 7.89. The molecule has 1 saturated heterocycles. The fourth-order valence-electron chi connectivity index (χ4n) is 3.06. The standard InChI is InChI=1S/C20H22ClN3O4S/c21-18-9-8-16(29(27,28)24-12-4-5-13-24)14-17(18)20(26)23-11-10-22-19(25)15-6-2-1-3-7-15/h1-3,6-9,14H,4-5,10-13H2,(H,22,25)(H,23,26). The van der Waals surface area contributed by atoms with Gasteiger partial charge in [-0.1, -0.05) is 29.8 Å². The van der Waals surface area contributed by atoms with Gasteiger partial charge in [0.25, 0.3) is 11.8 Å². The summed E-state index contributed by atoms with van der Waals surface area (Å²) in [7, 11) is -3.64. The van der Waals surface area contributed by atoms with Gasteiger partial charge in [0, 0.05) is 31.7 Å². The van der Waals surface area contributed by atoms with Gasteiger partial charge >= 0.3 is 0 Å². The third-order valence-corrected chi connectivity index (χ3v) is 6.84. The van der Waals surface area contributed by atoms with Crippen molar-refractivity contribution in [2.24, 2.45) is 0 Å². The van der Waals surface area contributed by atoms with Crippen LogP contribution in [0.15, 0.2) is 53.4 Å². The van der Waals surface area contributed by atoms with Crippen LogP contribution in [0.4, 0.5) is 0 Å². The summed E-state index contributed by atoms with van der Waals surface area (Å²) in [6.45, 7) is 1.36. The number of sulfonamides is 1. The van der Waals surface area contributed by atoms with E-state index >= 15 is 0 Å². The molecule has 9 heteroatoms. The van der Waals surface area contributed by atoms with Crippen molar-refractivity contribution in [3.8, 4) is 0 Å². The first kappa shape index (κ1) is 21.3. The normalized spacial score (nSPS) is 14.5. The average Bonchev–Trinajstić information content (AvgIpc) is 3.27. The van der Waals surface area contributed by atoms with E-state index in [1.165, 1.54) is 22.5 Å². The lowest BCUT2D eigenvalue weighted by atomic mass is 10.2. The maximum Gasteiger partial charge on any atom is 0.252 e. The Labute approximate surface area is 175 Å². The van der Waals surface area contributed by atoms with Gasteiger partial charge in [-0.15, -0.1) is 0 Å². The van der Waals surface area contributed by atoms with Crippen LogP contribution in [0, 0.1) is 0 Å². The Morgan fingerprint density at radius 2 is 1.55 bits per heavy atom. The molecule has 0 aromatic heterocycles. The van der Waals surface area contributed by atoms with Gasteiger partial charge < -0.3 is 10.6 Å². The van der Waals surface area contributed by atoms with Gasteiger partial charge in [0.15, 0.2) is 0 Å². The van der Waals surface area contributed by atoms with Gasteiger partial charge in [0.05, 0.1) is 15.5 Å². The van der Waals surface area contributed by atoms with Crippen molar-refractivity contribution in [2.45, 2.75) is 17.7 Å². The van der Waals surface area contributed by atoms with Crippen LogP contribution < -0.4 is 10.6 Å². The molecular formula is C20H22ClN3O4S. The van der Waals surface area contributed by atoms with Crippen molar-refractivity contribution in [2.75, 3.05) is 26.2 Å². The van der Waals surface area contributed by atoms with E-state index in [9.17, 15) is 18.0 Å². The molecule has 7 nitrogen and oxygen atoms in total. The molecule has 154 valence electrons. The summed E-state index contributed by atoms with van der Waals surface area (Å²) >= 11 is 6.11. The number of carbonyl (C=O) groups excluding carboxylic acids is 2. The topological polar surface area (TPSA) is 95.6 Å². The zero-order valence-electron chi connectivity index (χ0n) is 15.7. The van der Waals surface area contributed by atoms with Crippen LogP contribution in [-0.4, -0.2) is 50.7 Å². The number of hydrogen-bond acceptors (Lipinski definition) is 4. The molecule has 0 spiro atoms. The Morgan fingerprint density at radius 1 is 0.931 bits per heavy atom. The molecule has 1 aliphatic rings. The third-order valence-electron chi connectivity index (χ3n) is 4.62. The number of rotatable bonds is 7. The quantitative estimate of drug-likeness (QED) is 0.652. The summed E-state index contributed by atoms with van der Waals surface area (Å²) in [5, 5.41) is 5.52. The second-order valence-corrected chi connectivity index (χ2v) is 8.98. The Hall–Kier alpha value is -2.42. The highest BCUT2D eigenvalue weighted by Crippen LogP contribution is 2.25. The van der Waals surface area contributed by atoms with Crippen LogP contribution >= 0.6 is 11.6 Å². The predicted molar refractivity (Wildman–Crippen MR) is 111 cm³/mol. The van der Waals surface area contributed by atoms with Crippen LogP contribution in [0.5, 0.6) is 0 Å². The van der Waals surface area contributed by atoms with E-state index in [4.69, 9.17) is 11.6 Å². The van der Waals surface area contributed by atoms with Crippen molar-refractivity contribution >= 4 is 33.4 Å². The molecule has 1 fully saturated rings. The number of amides is 2. The lowest BCUT2D eigenvalue weighted by Gasteiger charge is -2.16. The molecule has 0 bridgehead atoms. The lowest BCUT2D eigenvalue weighted by molar-refractivity contribution is 0.0927. The van der Waals surface area contributed by atoms with Crippen LogP contribution in [0.25, 0.3) is 0 Å². The molecular weight excluding hydrogens is 414 g/mol. The maximum absolute atomic E-state index is 12.7. The first-order chi connectivity index (χ1) is 13.9. The van der Waals surface area contributed by atoms with Crippen molar-refractivity contribution < 1.29 is 18.0 Å². The molecule has 2 amide bonds. The Bertz CT molecular complexity index is 990. The SMILES string of the molecule is O=C(NCCNC(=O)c1cc(S(=O)(=O)N2CCCC2)ccc1Cl)c1ccccc1. The van der Waals surface area contributed by atoms with Gasteiger partial charge in [-0.05, 0) is 43.2 Å². The summed E-state index contributed by atoms with van der Waals surface area (Å²) < 4.78 is 26.8. The van der Waals surface area contributed by atoms with E-state index < -0.39 is 15.9 Å². The van der Waals surface area contributed by atoms with E-state index in [0.29, 0.717) is 18.7 Å². The number of nitrogens with zero attached hydrogens (tertiary/aromatic N) is 1. The minimum Gasteiger partial charge on any atom is -0.350 e. The number of hydrogen-bond donors (Lipinski definition) is 2. The maximum atomic E-state index is 12.7. The van der Waals surface area contributed by atoms with E-state index in [1.54, 1.807) is 24.3 Å². The summed E-state index contributed by atoms with van der Waals surface area (Å²) in [4.78, 5) is 24.5. The van der Waals surface area contributed by atoms with Crippen LogP contribution in [-0.2, 0) is 10.0 Å². The van der Waals surface area contributed by atoms with Gasteiger partial charge in [-0.2, -0.15) is 4.31 Å². The fourth-order valence-corrected chi connectivity index (χ4v) is 4.80. The molecule has 0 aliphatic carbocycles. The number of nitrogens with one attached hydrogen (secondary N) is 2. The second kappa shape index (κ2) is 9.39. The summed E-state index contributed by atoms with van der Waals surface area (Å²) in [6.07, 6.45) is 1.66. The third kappa shape index (κ3) is 5.14. The number of halogens is 1. The van der Waals surface area contributed by atoms with E-state index in [0.717, 1.165) is 12.8 Å². The smallest absolute Gasteiger partial charge is 0.252 e. The average molecular weight is 436 g/mol. The second-order valence-electron chi connectivity index (χ2n) is 6.63. The van der Waals surface area contributed by atoms with Crippen LogP contribution in [0.2, 0.25) is 5.02 Å². The highest BCUT2D eigenvalue weighted by Gasteiger charge is 2.28. The molecule has 1 heterocycles. The largest absolute Gasteiger partial charge is 0.350 e. The Kier molecular flexibility index (Phi) is 6.89. The van der Waals surface area contributed by atoms with E-state index in [-0.39, 0.29) is 34.5 Å². The van der Waals surface area contributed by atoms with Gasteiger partial charge in [-0.3, -0.25) is 9.59 Å². The van der Waals surface area contributed by atoms with Crippen LogP contribution in [0.1, 0.15) is 33.6 Å². The number of benzene rings is 2. The molecule has 0 radical (unpaired) electrons. The number of carbonyl (C=O) groups is 2. The summed E-state index contributed by atoms with van der Waals surface area (Å²) in [5.41, 5.74) is 0.614. The zero-order chi connectivity index (χ0) is 20.9. The minimum absolute atomic E-state index is 0.0475. The summed E-state index contributed by atoms with van der Waals surface area (Å²) in [5.74, 6) is -0.737. The fraction of sp³-hybridized carbons (Fsp3) is 0.300. The molecule has 29 heavy (non-hydrogen) atoms. The van der Waals surface area contributed by atoms with Crippen LogP contribution in [0.3, 0.4) is 0 Å². The minimum atomic E-state index is -3.64. The first-order valence-electron chi connectivity index (χ1n) is 9.31. The van der Waals surface area contributed by atoms with Crippen molar-refractivity contribution in [1.82, 2.24) is 14.9 Å². The lowest BCUT2D eigenvalue weighted by Crippen LogP contribution is -2.35. The first-order valence-corrected chi connectivity index (χ1v) is 11.1.